The van der Waals surface area contributed by atoms with Crippen molar-refractivity contribution < 1.29 is 4.74 Å². The molecule has 0 fully saturated rings. The third kappa shape index (κ3) is 14.2. The number of ether oxygens (including phenoxy) is 1. The molecule has 4 rings (SSSR count). The van der Waals surface area contributed by atoms with Crippen molar-refractivity contribution >= 4 is 0 Å². The Bertz CT molecular complexity index is 1520. The Morgan fingerprint density at radius 3 is 1.17 bits per heavy atom. The summed E-state index contributed by atoms with van der Waals surface area (Å²) in [6.07, 6.45) is 5.08. The summed E-state index contributed by atoms with van der Waals surface area (Å²) in [5.41, 5.74) is 9.56. The lowest BCUT2D eigenvalue weighted by molar-refractivity contribution is 0.223. The molecule has 4 aromatic rings. The lowest BCUT2D eigenvalue weighted by Gasteiger charge is -2.26. The van der Waals surface area contributed by atoms with Gasteiger partial charge >= 0.3 is 0 Å². The Morgan fingerprint density at radius 1 is 0.481 bits per heavy atom. The van der Waals surface area contributed by atoms with E-state index in [1.165, 1.54) is 64.6 Å². The van der Waals surface area contributed by atoms with Gasteiger partial charge in [-0.2, -0.15) is 0 Å². The van der Waals surface area contributed by atoms with Crippen molar-refractivity contribution in [2.75, 3.05) is 6.61 Å². The normalized spacial score (nSPS) is 13.4. The fourth-order valence-corrected chi connectivity index (χ4v) is 5.84. The molecule has 0 aliphatic heterocycles. The second-order valence-electron chi connectivity index (χ2n) is 17.4. The SMILES string of the molecule is CCC(C)C(C)C.CCC(C)CCc1ccc(C(C)(C)c2ccc(C)cc2)cc1.Cc1ccc(C(C)(C)c2ccc(OCC(C)C(C)C)cc2)cc1. The molecule has 0 bridgehead atoms. The second-order valence-corrected chi connectivity index (χ2v) is 17.4. The van der Waals surface area contributed by atoms with E-state index in [1.54, 1.807) is 0 Å². The predicted molar refractivity (Wildman–Crippen MR) is 231 cm³/mol. The molecule has 1 nitrogen and oxygen atoms in total. The van der Waals surface area contributed by atoms with Crippen molar-refractivity contribution in [3.63, 3.8) is 0 Å². The highest BCUT2D eigenvalue weighted by molar-refractivity contribution is 5.41. The average molecular weight is 705 g/mol. The topological polar surface area (TPSA) is 9.23 Å². The van der Waals surface area contributed by atoms with Crippen molar-refractivity contribution in [3.05, 3.63) is 136 Å². The van der Waals surface area contributed by atoms with Gasteiger partial charge in [-0.05, 0) is 96.2 Å². The molecule has 286 valence electrons. The van der Waals surface area contributed by atoms with Gasteiger partial charge in [-0.1, -0.05) is 199 Å². The van der Waals surface area contributed by atoms with Gasteiger partial charge < -0.3 is 4.74 Å². The Morgan fingerprint density at radius 2 is 0.846 bits per heavy atom. The quantitative estimate of drug-likeness (QED) is 0.127. The van der Waals surface area contributed by atoms with Gasteiger partial charge in [0, 0.05) is 10.8 Å². The first-order valence-corrected chi connectivity index (χ1v) is 20.4. The molecule has 0 aromatic heterocycles. The molecule has 1 heteroatoms. The Labute approximate surface area is 322 Å². The van der Waals surface area contributed by atoms with Crippen LogP contribution >= 0.6 is 0 Å². The molecular formula is C51H76O. The Kier molecular flexibility index (Phi) is 18.5. The smallest absolute Gasteiger partial charge is 0.119 e. The molecule has 0 aliphatic carbocycles. The van der Waals surface area contributed by atoms with Gasteiger partial charge in [-0.25, -0.2) is 0 Å². The summed E-state index contributed by atoms with van der Waals surface area (Å²) < 4.78 is 5.92. The summed E-state index contributed by atoms with van der Waals surface area (Å²) in [6, 6.07) is 35.6. The van der Waals surface area contributed by atoms with Crippen LogP contribution < -0.4 is 4.74 Å². The van der Waals surface area contributed by atoms with Gasteiger partial charge in [0.1, 0.15) is 5.75 Å². The number of hydrogen-bond acceptors (Lipinski definition) is 1. The Balaban J connectivity index is 0.000000305. The second kappa shape index (κ2) is 21.4. The first kappa shape index (κ1) is 44.8. The molecule has 3 atom stereocenters. The van der Waals surface area contributed by atoms with Gasteiger partial charge in [0.05, 0.1) is 6.61 Å². The van der Waals surface area contributed by atoms with Gasteiger partial charge in [-0.3, -0.25) is 0 Å². The van der Waals surface area contributed by atoms with Crippen LogP contribution in [0.3, 0.4) is 0 Å². The highest BCUT2D eigenvalue weighted by atomic mass is 16.5. The third-order valence-electron chi connectivity index (χ3n) is 11.9. The van der Waals surface area contributed by atoms with Crippen LogP contribution in [-0.2, 0) is 17.3 Å². The molecule has 0 aliphatic rings. The van der Waals surface area contributed by atoms with Gasteiger partial charge in [-0.15, -0.1) is 0 Å². The molecule has 4 aromatic carbocycles. The van der Waals surface area contributed by atoms with Crippen LogP contribution in [0.1, 0.15) is 148 Å². The van der Waals surface area contributed by atoms with E-state index < -0.39 is 0 Å². The van der Waals surface area contributed by atoms with E-state index in [9.17, 15) is 0 Å². The molecule has 52 heavy (non-hydrogen) atoms. The summed E-state index contributed by atoms with van der Waals surface area (Å²) in [5.74, 6) is 4.77. The zero-order chi connectivity index (χ0) is 39.1. The highest BCUT2D eigenvalue weighted by Crippen LogP contribution is 2.33. The highest BCUT2D eigenvalue weighted by Gasteiger charge is 2.24. The monoisotopic (exact) mass is 705 g/mol. The molecule has 0 saturated carbocycles. The van der Waals surface area contributed by atoms with E-state index >= 15 is 0 Å². The minimum Gasteiger partial charge on any atom is -0.493 e. The fourth-order valence-electron chi connectivity index (χ4n) is 5.84. The van der Waals surface area contributed by atoms with Crippen LogP contribution in [0.15, 0.2) is 97.1 Å². The first-order chi connectivity index (χ1) is 24.4. The van der Waals surface area contributed by atoms with Gasteiger partial charge in [0.2, 0.25) is 0 Å². The zero-order valence-corrected chi connectivity index (χ0v) is 36.1. The molecule has 0 heterocycles. The first-order valence-electron chi connectivity index (χ1n) is 20.4. The van der Waals surface area contributed by atoms with Crippen LogP contribution in [0.25, 0.3) is 0 Å². The molecule has 0 radical (unpaired) electrons. The van der Waals surface area contributed by atoms with Crippen LogP contribution in [0.4, 0.5) is 0 Å². The minimum absolute atomic E-state index is 0.00253. The largest absolute Gasteiger partial charge is 0.493 e. The lowest BCUT2D eigenvalue weighted by atomic mass is 9.77. The molecule has 0 amide bonds. The van der Waals surface area contributed by atoms with Crippen LogP contribution in [-0.4, -0.2) is 6.61 Å². The summed E-state index contributed by atoms with van der Waals surface area (Å²) >= 11 is 0. The van der Waals surface area contributed by atoms with Gasteiger partial charge in [0.15, 0.2) is 0 Å². The summed E-state index contributed by atoms with van der Waals surface area (Å²) in [7, 11) is 0. The van der Waals surface area contributed by atoms with Crippen molar-refractivity contribution in [2.45, 2.75) is 140 Å². The van der Waals surface area contributed by atoms with Crippen LogP contribution in [0.5, 0.6) is 5.75 Å². The average Bonchev–Trinajstić information content (AvgIpc) is 3.13. The molecular weight excluding hydrogens is 629 g/mol. The van der Waals surface area contributed by atoms with E-state index in [2.05, 4.69) is 201 Å². The van der Waals surface area contributed by atoms with E-state index in [1.807, 2.05) is 0 Å². The summed E-state index contributed by atoms with van der Waals surface area (Å²) in [4.78, 5) is 0. The van der Waals surface area contributed by atoms with E-state index in [0.29, 0.717) is 11.8 Å². The third-order valence-corrected chi connectivity index (χ3v) is 11.9. The lowest BCUT2D eigenvalue weighted by Crippen LogP contribution is -2.19. The van der Waals surface area contributed by atoms with Crippen molar-refractivity contribution in [2.24, 2.45) is 29.6 Å². The van der Waals surface area contributed by atoms with Crippen molar-refractivity contribution in [1.29, 1.82) is 0 Å². The van der Waals surface area contributed by atoms with Gasteiger partial charge in [0.25, 0.3) is 0 Å². The molecule has 0 spiro atoms. The maximum absolute atomic E-state index is 5.92. The van der Waals surface area contributed by atoms with Crippen molar-refractivity contribution in [3.8, 4) is 5.75 Å². The number of aryl methyl sites for hydroxylation is 3. The number of rotatable bonds is 14. The standard InChI is InChI=1S/C22H30O.C22H30.C7H16/c1-16(2)18(4)15-23-21-13-11-20(12-14-21)22(5,6)19-9-7-17(3)8-10-19;1-6-17(2)7-10-19-11-15-21(16-12-19)22(4,5)20-13-8-18(3)9-14-20;1-5-7(4)6(2)3/h7-14,16,18H,15H2,1-6H3;8-9,11-17H,6-7,10H2,1-5H3;6-7H,5H2,1-4H3. The number of hydrogen-bond donors (Lipinski definition) is 0. The van der Waals surface area contributed by atoms with E-state index in [4.69, 9.17) is 4.74 Å². The Hall–Kier alpha value is -3.32. The molecule has 3 unspecified atom stereocenters. The minimum atomic E-state index is -0.00253. The summed E-state index contributed by atoms with van der Waals surface area (Å²) in [6.45, 7) is 34.6. The van der Waals surface area contributed by atoms with E-state index in [-0.39, 0.29) is 10.8 Å². The maximum Gasteiger partial charge on any atom is 0.119 e. The number of benzene rings is 4. The maximum atomic E-state index is 5.92. The molecule has 0 N–H and O–H groups in total. The van der Waals surface area contributed by atoms with Crippen LogP contribution in [0, 0.1) is 43.4 Å². The fraction of sp³-hybridized carbons (Fsp3) is 0.529. The van der Waals surface area contributed by atoms with Crippen LogP contribution in [0.2, 0.25) is 0 Å². The summed E-state index contributed by atoms with van der Waals surface area (Å²) in [5, 5.41) is 0. The van der Waals surface area contributed by atoms with E-state index in [0.717, 1.165) is 30.1 Å². The van der Waals surface area contributed by atoms with Crippen molar-refractivity contribution in [1.82, 2.24) is 0 Å². The zero-order valence-electron chi connectivity index (χ0n) is 36.1. The predicted octanol–water partition coefficient (Wildman–Crippen LogP) is 15.0. The molecule has 0 saturated heterocycles.